The minimum atomic E-state index is -0.345. The Balaban J connectivity index is 2.51. The van der Waals surface area contributed by atoms with Gasteiger partial charge in [0.2, 0.25) is 0 Å². The van der Waals surface area contributed by atoms with Crippen molar-refractivity contribution in [3.8, 4) is 0 Å². The van der Waals surface area contributed by atoms with Crippen LogP contribution in [0.2, 0.25) is 0 Å². The Labute approximate surface area is 110 Å². The Morgan fingerprint density at radius 1 is 1.22 bits per heavy atom. The van der Waals surface area contributed by atoms with Crippen molar-refractivity contribution in [3.05, 3.63) is 34.4 Å². The summed E-state index contributed by atoms with van der Waals surface area (Å²) < 4.78 is 4.95. The van der Waals surface area contributed by atoms with Gasteiger partial charge in [0, 0.05) is 26.6 Å². The smallest absolute Gasteiger partial charge is 0.0705 e. The summed E-state index contributed by atoms with van der Waals surface area (Å²) in [4.78, 5) is 0. The zero-order valence-electron chi connectivity index (χ0n) is 11.9. The van der Waals surface area contributed by atoms with Crippen molar-refractivity contribution in [1.29, 1.82) is 0 Å². The molecule has 1 unspecified atom stereocenters. The van der Waals surface area contributed by atoms with Crippen molar-refractivity contribution >= 4 is 0 Å². The fourth-order valence-electron chi connectivity index (χ4n) is 2.28. The van der Waals surface area contributed by atoms with E-state index in [1.54, 1.807) is 7.11 Å². The summed E-state index contributed by atoms with van der Waals surface area (Å²) in [6, 6.07) is 4.35. The summed E-state index contributed by atoms with van der Waals surface area (Å²) in [5.41, 5.74) is 5.08. The van der Waals surface area contributed by atoms with Crippen LogP contribution in [0, 0.1) is 20.8 Å². The van der Waals surface area contributed by atoms with Gasteiger partial charge in [-0.1, -0.05) is 17.7 Å². The van der Waals surface area contributed by atoms with Gasteiger partial charge in [-0.15, -0.1) is 0 Å². The van der Waals surface area contributed by atoms with Crippen LogP contribution < -0.4 is 5.32 Å². The molecule has 2 N–H and O–H groups in total. The monoisotopic (exact) mass is 251 g/mol. The second kappa shape index (κ2) is 7.52. The number of methoxy groups -OCH3 is 1. The molecule has 3 heteroatoms. The number of nitrogens with one attached hydrogen (secondary N) is 1. The summed E-state index contributed by atoms with van der Waals surface area (Å²) in [6.45, 7) is 8.39. The predicted octanol–water partition coefficient (Wildman–Crippen LogP) is 1.75. The lowest BCUT2D eigenvalue weighted by Crippen LogP contribution is -2.31. The summed E-state index contributed by atoms with van der Waals surface area (Å²) in [5.74, 6) is 0. The Hall–Kier alpha value is -0.900. The van der Waals surface area contributed by atoms with Crippen molar-refractivity contribution < 1.29 is 9.84 Å². The lowest BCUT2D eigenvalue weighted by atomic mass is 9.95. The molecule has 0 heterocycles. The third-order valence-corrected chi connectivity index (χ3v) is 3.14. The molecule has 0 aliphatic carbocycles. The summed E-state index contributed by atoms with van der Waals surface area (Å²) in [6.07, 6.45) is 0.361. The largest absolute Gasteiger partial charge is 0.391 e. The van der Waals surface area contributed by atoms with Crippen LogP contribution in [-0.4, -0.2) is 38.0 Å². The van der Waals surface area contributed by atoms with Crippen LogP contribution in [0.5, 0.6) is 0 Å². The van der Waals surface area contributed by atoms with Crippen LogP contribution in [-0.2, 0) is 11.2 Å². The molecule has 1 aromatic carbocycles. The molecule has 1 aromatic rings. The van der Waals surface area contributed by atoms with Gasteiger partial charge < -0.3 is 15.2 Å². The van der Waals surface area contributed by atoms with Crippen molar-refractivity contribution in [2.75, 3.05) is 26.8 Å². The van der Waals surface area contributed by atoms with E-state index >= 15 is 0 Å². The van der Waals surface area contributed by atoms with Crippen LogP contribution >= 0.6 is 0 Å². The second-order valence-electron chi connectivity index (χ2n) is 4.93. The average Bonchev–Trinajstić information content (AvgIpc) is 2.29. The maximum absolute atomic E-state index is 10.0. The Kier molecular flexibility index (Phi) is 6.33. The van der Waals surface area contributed by atoms with Crippen LogP contribution in [0.25, 0.3) is 0 Å². The molecule has 102 valence electrons. The van der Waals surface area contributed by atoms with Gasteiger partial charge in [0.05, 0.1) is 12.7 Å². The van der Waals surface area contributed by atoms with Crippen molar-refractivity contribution in [2.45, 2.75) is 33.3 Å². The van der Waals surface area contributed by atoms with Crippen molar-refractivity contribution in [2.24, 2.45) is 0 Å². The number of hydrogen-bond acceptors (Lipinski definition) is 3. The topological polar surface area (TPSA) is 41.5 Å². The third kappa shape index (κ3) is 4.77. The second-order valence-corrected chi connectivity index (χ2v) is 4.93. The highest BCUT2D eigenvalue weighted by atomic mass is 16.5. The quantitative estimate of drug-likeness (QED) is 0.726. The van der Waals surface area contributed by atoms with Crippen LogP contribution in [0.15, 0.2) is 12.1 Å². The molecular formula is C15H25NO2. The van der Waals surface area contributed by atoms with Gasteiger partial charge in [-0.3, -0.25) is 0 Å². The number of aryl methyl sites for hydroxylation is 3. The summed E-state index contributed by atoms with van der Waals surface area (Å²) >= 11 is 0. The molecule has 0 aromatic heterocycles. The third-order valence-electron chi connectivity index (χ3n) is 3.14. The fraction of sp³-hybridized carbons (Fsp3) is 0.600. The van der Waals surface area contributed by atoms with E-state index in [1.165, 1.54) is 22.3 Å². The molecule has 0 saturated heterocycles. The Morgan fingerprint density at radius 2 is 1.83 bits per heavy atom. The van der Waals surface area contributed by atoms with Crippen LogP contribution in [0.4, 0.5) is 0 Å². The average molecular weight is 251 g/mol. The predicted molar refractivity (Wildman–Crippen MR) is 75.1 cm³/mol. The summed E-state index contributed by atoms with van der Waals surface area (Å²) in [5, 5.41) is 13.2. The molecule has 0 radical (unpaired) electrons. The van der Waals surface area contributed by atoms with Gasteiger partial charge in [-0.2, -0.15) is 0 Å². The molecule has 0 amide bonds. The highest BCUT2D eigenvalue weighted by Gasteiger charge is 2.10. The normalized spacial score (nSPS) is 12.7. The number of benzene rings is 1. The Morgan fingerprint density at radius 3 is 2.39 bits per heavy atom. The van der Waals surface area contributed by atoms with Gasteiger partial charge in [0.1, 0.15) is 0 Å². The first kappa shape index (κ1) is 15.2. The first-order valence-corrected chi connectivity index (χ1v) is 6.49. The fourth-order valence-corrected chi connectivity index (χ4v) is 2.28. The van der Waals surface area contributed by atoms with Crippen LogP contribution in [0.1, 0.15) is 22.3 Å². The first-order chi connectivity index (χ1) is 8.54. The van der Waals surface area contributed by atoms with Crippen molar-refractivity contribution in [1.82, 2.24) is 5.32 Å². The van der Waals surface area contributed by atoms with Gasteiger partial charge in [-0.05, 0) is 37.5 Å². The van der Waals surface area contributed by atoms with E-state index in [1.807, 2.05) is 0 Å². The minimum absolute atomic E-state index is 0.345. The lowest BCUT2D eigenvalue weighted by Gasteiger charge is -2.16. The van der Waals surface area contributed by atoms with Gasteiger partial charge in [0.15, 0.2) is 0 Å². The van der Waals surface area contributed by atoms with E-state index in [2.05, 4.69) is 38.2 Å². The zero-order valence-corrected chi connectivity index (χ0v) is 11.9. The van der Waals surface area contributed by atoms with E-state index in [4.69, 9.17) is 4.74 Å². The SMILES string of the molecule is COCCNCC(O)Cc1c(C)cc(C)cc1C. The van der Waals surface area contributed by atoms with Crippen molar-refractivity contribution in [3.63, 3.8) is 0 Å². The molecule has 0 bridgehead atoms. The van der Waals surface area contributed by atoms with Gasteiger partial charge in [-0.25, -0.2) is 0 Å². The molecule has 0 fully saturated rings. The van der Waals surface area contributed by atoms with E-state index in [0.29, 0.717) is 19.6 Å². The lowest BCUT2D eigenvalue weighted by molar-refractivity contribution is 0.159. The molecule has 18 heavy (non-hydrogen) atoms. The molecule has 1 rings (SSSR count). The first-order valence-electron chi connectivity index (χ1n) is 6.49. The molecular weight excluding hydrogens is 226 g/mol. The Bertz CT molecular complexity index is 354. The van der Waals surface area contributed by atoms with Gasteiger partial charge >= 0.3 is 0 Å². The number of hydrogen-bond donors (Lipinski definition) is 2. The zero-order chi connectivity index (χ0) is 13.5. The summed E-state index contributed by atoms with van der Waals surface area (Å²) in [7, 11) is 1.68. The number of aliphatic hydroxyl groups is 1. The number of ether oxygens (including phenoxy) is 1. The van der Waals surface area contributed by atoms with E-state index in [0.717, 1.165) is 6.54 Å². The maximum Gasteiger partial charge on any atom is 0.0705 e. The van der Waals surface area contributed by atoms with E-state index in [9.17, 15) is 5.11 Å². The van der Waals surface area contributed by atoms with E-state index < -0.39 is 0 Å². The standard InChI is InChI=1S/C15H25NO2/c1-11-7-12(2)15(13(3)8-11)9-14(17)10-16-5-6-18-4/h7-8,14,16-17H,5-6,9-10H2,1-4H3. The van der Waals surface area contributed by atoms with Crippen LogP contribution in [0.3, 0.4) is 0 Å². The molecule has 0 aliphatic rings. The molecule has 3 nitrogen and oxygen atoms in total. The number of rotatable bonds is 7. The molecule has 0 spiro atoms. The number of aliphatic hydroxyl groups excluding tert-OH is 1. The molecule has 1 atom stereocenters. The maximum atomic E-state index is 10.0. The minimum Gasteiger partial charge on any atom is -0.391 e. The molecule has 0 saturated carbocycles. The highest BCUT2D eigenvalue weighted by Crippen LogP contribution is 2.17. The van der Waals surface area contributed by atoms with Gasteiger partial charge in [0.25, 0.3) is 0 Å². The van der Waals surface area contributed by atoms with E-state index in [-0.39, 0.29) is 6.10 Å². The highest BCUT2D eigenvalue weighted by molar-refractivity contribution is 5.37. The molecule has 0 aliphatic heterocycles.